The molecule has 0 aliphatic rings. The van der Waals surface area contributed by atoms with Gasteiger partial charge in [0, 0.05) is 28.3 Å². The Morgan fingerprint density at radius 1 is 0.765 bits per heavy atom. The van der Waals surface area contributed by atoms with E-state index in [9.17, 15) is 0 Å². The Hall–Kier alpha value is 1.21. The van der Waals surface area contributed by atoms with E-state index in [2.05, 4.69) is 26.1 Å². The molecule has 0 atom stereocenters. The van der Waals surface area contributed by atoms with Crippen LogP contribution in [0.4, 0.5) is 0 Å². The Morgan fingerprint density at radius 3 is 1.29 bits per heavy atom. The van der Waals surface area contributed by atoms with Crippen molar-refractivity contribution < 1.29 is 26.8 Å². The Kier molecular flexibility index (Phi) is 65.4. The molecule has 2 nitrogen and oxygen atoms in total. The summed E-state index contributed by atoms with van der Waals surface area (Å²) in [7, 11) is 0. The molecule has 0 aromatic carbocycles. The molecular weight excluding hydrogens is 293 g/mol. The Morgan fingerprint density at radius 2 is 1.12 bits per heavy atom. The normalized spacial score (nSPS) is 7.76. The smallest absolute Gasteiger partial charge is 0.0430 e. The zero-order chi connectivity index (χ0) is 11.1. The van der Waals surface area contributed by atoms with Crippen LogP contribution in [-0.2, 0) is 21.7 Å². The van der Waals surface area contributed by atoms with Crippen molar-refractivity contribution in [3.63, 3.8) is 0 Å². The third kappa shape index (κ3) is 46.9. The molecular formula is C12H30Cl2NOTi-. The maximum atomic E-state index is 8.07. The van der Waals surface area contributed by atoms with Crippen LogP contribution in [0.3, 0.4) is 0 Å². The van der Waals surface area contributed by atoms with Gasteiger partial charge >= 0.3 is 0 Å². The van der Waals surface area contributed by atoms with E-state index in [1.54, 1.807) is 0 Å². The SMILES string of the molecule is CCCCO.CCCC[N-]CCCC.Cl.Cl.[Ti]. The monoisotopic (exact) mass is 322 g/mol. The van der Waals surface area contributed by atoms with Gasteiger partial charge in [0.15, 0.2) is 0 Å². The molecule has 0 bridgehead atoms. The average molecular weight is 323 g/mol. The number of hydrogen-bond donors (Lipinski definition) is 1. The predicted molar refractivity (Wildman–Crippen MR) is 79.4 cm³/mol. The summed E-state index contributed by atoms with van der Waals surface area (Å²) in [5.41, 5.74) is 0. The second-order valence-electron chi connectivity index (χ2n) is 3.46. The fourth-order valence-electron chi connectivity index (χ4n) is 0.810. The maximum Gasteiger partial charge on any atom is 0.0430 e. The zero-order valence-corrected chi connectivity index (χ0v) is 14.8. The van der Waals surface area contributed by atoms with Crippen molar-refractivity contribution in [3.8, 4) is 0 Å². The number of halogens is 2. The van der Waals surface area contributed by atoms with Crippen molar-refractivity contribution in [2.24, 2.45) is 0 Å². The first-order chi connectivity index (χ1) is 6.83. The summed E-state index contributed by atoms with van der Waals surface area (Å²) < 4.78 is 0. The van der Waals surface area contributed by atoms with Crippen LogP contribution in [0.15, 0.2) is 0 Å². The van der Waals surface area contributed by atoms with Crippen LogP contribution >= 0.6 is 24.8 Å². The second kappa shape index (κ2) is 36.0. The van der Waals surface area contributed by atoms with Gasteiger partial charge in [-0.2, -0.15) is 0 Å². The average Bonchev–Trinajstić information content (AvgIpc) is 2.20. The molecule has 108 valence electrons. The standard InChI is InChI=1S/C8H18N.C4H10O.2ClH.Ti/c1-3-5-7-9-8-6-4-2;1-2-3-4-5;;;/h3-8H2,1-2H3;5H,2-4H2,1H3;2*1H;/q-1;;;;. The molecule has 0 saturated carbocycles. The number of unbranched alkanes of at least 4 members (excludes halogenated alkanes) is 3. The van der Waals surface area contributed by atoms with E-state index in [0.717, 1.165) is 25.9 Å². The summed E-state index contributed by atoms with van der Waals surface area (Å²) >= 11 is 0. The van der Waals surface area contributed by atoms with Crippen LogP contribution in [0.2, 0.25) is 0 Å². The van der Waals surface area contributed by atoms with Gasteiger partial charge < -0.3 is 10.4 Å². The van der Waals surface area contributed by atoms with E-state index in [0.29, 0.717) is 6.61 Å². The van der Waals surface area contributed by atoms with Crippen molar-refractivity contribution >= 4 is 24.8 Å². The van der Waals surface area contributed by atoms with Crippen molar-refractivity contribution in [2.75, 3.05) is 19.7 Å². The first kappa shape index (κ1) is 30.9. The fraction of sp³-hybridized carbons (Fsp3) is 1.00. The summed E-state index contributed by atoms with van der Waals surface area (Å²) in [6, 6.07) is 0. The largest absolute Gasteiger partial charge is 0.662 e. The van der Waals surface area contributed by atoms with Crippen LogP contribution in [0.25, 0.3) is 5.32 Å². The van der Waals surface area contributed by atoms with Gasteiger partial charge in [0.05, 0.1) is 0 Å². The number of aliphatic hydroxyl groups is 1. The minimum atomic E-state index is 0. The molecule has 0 unspecified atom stereocenters. The van der Waals surface area contributed by atoms with Crippen molar-refractivity contribution in [1.29, 1.82) is 0 Å². The minimum absolute atomic E-state index is 0. The van der Waals surface area contributed by atoms with Gasteiger partial charge in [-0.1, -0.05) is 52.9 Å². The Bertz CT molecular complexity index is 82.9. The van der Waals surface area contributed by atoms with Crippen LogP contribution < -0.4 is 0 Å². The molecule has 0 saturated heterocycles. The molecule has 0 aromatic rings. The quantitative estimate of drug-likeness (QED) is 0.515. The molecule has 0 aliphatic carbocycles. The van der Waals surface area contributed by atoms with E-state index >= 15 is 0 Å². The van der Waals surface area contributed by atoms with Gasteiger partial charge in [-0.15, -0.1) is 37.9 Å². The first-order valence-corrected chi connectivity index (χ1v) is 6.07. The molecule has 1 N–H and O–H groups in total. The second-order valence-corrected chi connectivity index (χ2v) is 3.46. The molecule has 0 rings (SSSR count). The summed E-state index contributed by atoms with van der Waals surface area (Å²) in [5.74, 6) is 0. The Labute approximate surface area is 135 Å². The van der Waals surface area contributed by atoms with Gasteiger partial charge in [-0.3, -0.25) is 0 Å². The first-order valence-electron chi connectivity index (χ1n) is 6.07. The number of aliphatic hydroxyl groups excluding tert-OH is 1. The van der Waals surface area contributed by atoms with Crippen molar-refractivity contribution in [1.82, 2.24) is 0 Å². The number of nitrogens with zero attached hydrogens (tertiary/aromatic N) is 1. The van der Waals surface area contributed by atoms with E-state index in [1.165, 1.54) is 25.7 Å². The van der Waals surface area contributed by atoms with E-state index in [4.69, 9.17) is 5.11 Å². The molecule has 0 amide bonds. The van der Waals surface area contributed by atoms with Gasteiger partial charge in [0.1, 0.15) is 0 Å². The summed E-state index contributed by atoms with van der Waals surface area (Å²) in [5, 5.41) is 12.4. The summed E-state index contributed by atoms with van der Waals surface area (Å²) in [6.07, 6.45) is 7.12. The molecule has 17 heavy (non-hydrogen) atoms. The number of rotatable bonds is 8. The van der Waals surface area contributed by atoms with Crippen LogP contribution in [0.1, 0.15) is 59.3 Å². The molecule has 0 heterocycles. The number of hydrogen-bond acceptors (Lipinski definition) is 1. The van der Waals surface area contributed by atoms with Gasteiger partial charge in [-0.05, 0) is 6.42 Å². The van der Waals surface area contributed by atoms with Crippen LogP contribution in [0, 0.1) is 0 Å². The van der Waals surface area contributed by atoms with Gasteiger partial charge in [0.25, 0.3) is 0 Å². The topological polar surface area (TPSA) is 34.3 Å². The van der Waals surface area contributed by atoms with Crippen molar-refractivity contribution in [3.05, 3.63) is 5.32 Å². The zero-order valence-electron chi connectivity index (χ0n) is 11.6. The van der Waals surface area contributed by atoms with Gasteiger partial charge in [-0.25, -0.2) is 0 Å². The molecule has 0 aromatic heterocycles. The van der Waals surface area contributed by atoms with E-state index in [-0.39, 0.29) is 46.5 Å². The van der Waals surface area contributed by atoms with E-state index < -0.39 is 0 Å². The maximum absolute atomic E-state index is 8.07. The molecule has 0 spiro atoms. The van der Waals surface area contributed by atoms with Gasteiger partial charge in [0.2, 0.25) is 0 Å². The molecule has 0 radical (unpaired) electrons. The van der Waals surface area contributed by atoms with E-state index in [1.807, 2.05) is 0 Å². The Balaban J connectivity index is -0.0000000533. The van der Waals surface area contributed by atoms with Crippen LogP contribution in [0.5, 0.6) is 0 Å². The van der Waals surface area contributed by atoms with Crippen molar-refractivity contribution in [2.45, 2.75) is 59.3 Å². The molecule has 0 fully saturated rings. The van der Waals surface area contributed by atoms with Crippen LogP contribution in [-0.4, -0.2) is 24.8 Å². The molecule has 0 aliphatic heterocycles. The third-order valence-corrected chi connectivity index (χ3v) is 1.85. The predicted octanol–water partition coefficient (Wildman–Crippen LogP) is 4.58. The molecule has 5 heteroatoms. The summed E-state index contributed by atoms with van der Waals surface area (Å²) in [6.45, 7) is 8.96. The summed E-state index contributed by atoms with van der Waals surface area (Å²) in [4.78, 5) is 0. The fourth-order valence-corrected chi connectivity index (χ4v) is 0.810. The minimum Gasteiger partial charge on any atom is -0.662 e. The third-order valence-electron chi connectivity index (χ3n) is 1.85.